The third kappa shape index (κ3) is 4.56. The average molecular weight is 439 g/mol. The van der Waals surface area contributed by atoms with E-state index in [1.807, 2.05) is 60.2 Å². The van der Waals surface area contributed by atoms with Crippen LogP contribution in [0.4, 0.5) is 0 Å². The van der Waals surface area contributed by atoms with Crippen molar-refractivity contribution in [1.29, 1.82) is 0 Å². The number of methoxy groups -OCH3 is 1. The maximum Gasteiger partial charge on any atom is 0.249 e. The fourth-order valence-electron chi connectivity index (χ4n) is 3.47. The minimum Gasteiger partial charge on any atom is -0.497 e. The number of hydrogen-bond acceptors (Lipinski definition) is 5. The highest BCUT2D eigenvalue weighted by molar-refractivity contribution is 6.33. The van der Waals surface area contributed by atoms with Crippen molar-refractivity contribution in [3.63, 3.8) is 0 Å². The fourth-order valence-corrected chi connectivity index (χ4v) is 3.69. The number of ether oxygens (including phenoxy) is 1. The van der Waals surface area contributed by atoms with Crippen LogP contribution in [-0.2, 0) is 17.9 Å². The number of carbonyl (C=O) groups excluding carboxylic acids is 1. The number of nitrogens with zero attached hydrogens (tertiary/aromatic N) is 4. The molecular weight excluding hydrogens is 416 g/mol. The molecule has 0 atom stereocenters. The molecule has 160 valence electrons. The van der Waals surface area contributed by atoms with Crippen LogP contribution in [0.25, 0.3) is 22.4 Å². The van der Waals surface area contributed by atoms with E-state index in [9.17, 15) is 4.79 Å². The first-order valence-electron chi connectivity index (χ1n) is 10.1. The van der Waals surface area contributed by atoms with E-state index in [0.29, 0.717) is 28.9 Å². The van der Waals surface area contributed by atoms with Crippen molar-refractivity contribution in [3.8, 4) is 17.2 Å². The SMILES string of the molecule is CCCN(Cc1nnc(-c2ccccc2Cl)o1)C(=O)Cn1ccc2cc(OC)ccc21. The molecule has 0 spiro atoms. The normalized spacial score (nSPS) is 11.1. The van der Waals surface area contributed by atoms with Crippen LogP contribution < -0.4 is 4.74 Å². The Balaban J connectivity index is 1.50. The summed E-state index contributed by atoms with van der Waals surface area (Å²) >= 11 is 6.22. The first-order chi connectivity index (χ1) is 15.1. The first-order valence-corrected chi connectivity index (χ1v) is 10.4. The third-order valence-electron chi connectivity index (χ3n) is 5.03. The second-order valence-corrected chi connectivity index (χ2v) is 7.57. The lowest BCUT2D eigenvalue weighted by atomic mass is 10.2. The lowest BCUT2D eigenvalue weighted by Crippen LogP contribution is -2.34. The second kappa shape index (κ2) is 9.22. The van der Waals surface area contributed by atoms with Gasteiger partial charge < -0.3 is 18.6 Å². The summed E-state index contributed by atoms with van der Waals surface area (Å²) in [5.41, 5.74) is 1.65. The van der Waals surface area contributed by atoms with Gasteiger partial charge in [-0.05, 0) is 42.8 Å². The molecule has 2 heterocycles. The number of rotatable bonds is 8. The standard InChI is InChI=1S/C23H23ClN4O3/c1-3-11-28(14-21-25-26-23(31-21)18-6-4-5-7-19(18)24)22(29)15-27-12-10-16-13-17(30-2)8-9-20(16)27/h4-10,12-13H,3,11,14-15H2,1-2H3. The van der Waals surface area contributed by atoms with Gasteiger partial charge in [0.2, 0.25) is 17.7 Å². The molecule has 0 fully saturated rings. The van der Waals surface area contributed by atoms with Crippen LogP contribution in [-0.4, -0.2) is 39.2 Å². The average Bonchev–Trinajstić information content (AvgIpc) is 3.40. The molecule has 0 bridgehead atoms. The van der Waals surface area contributed by atoms with Crippen LogP contribution in [0.2, 0.25) is 5.02 Å². The van der Waals surface area contributed by atoms with Gasteiger partial charge in [0.05, 0.1) is 24.2 Å². The van der Waals surface area contributed by atoms with E-state index < -0.39 is 0 Å². The topological polar surface area (TPSA) is 73.4 Å². The lowest BCUT2D eigenvalue weighted by molar-refractivity contribution is -0.132. The molecule has 0 aliphatic carbocycles. The van der Waals surface area contributed by atoms with Crippen molar-refractivity contribution in [2.45, 2.75) is 26.4 Å². The van der Waals surface area contributed by atoms with E-state index in [-0.39, 0.29) is 19.0 Å². The van der Waals surface area contributed by atoms with E-state index in [0.717, 1.165) is 23.1 Å². The Morgan fingerprint density at radius 1 is 1.19 bits per heavy atom. The molecule has 0 aliphatic rings. The van der Waals surface area contributed by atoms with Gasteiger partial charge in [-0.15, -0.1) is 10.2 Å². The van der Waals surface area contributed by atoms with E-state index >= 15 is 0 Å². The van der Waals surface area contributed by atoms with Gasteiger partial charge in [-0.1, -0.05) is 30.7 Å². The van der Waals surface area contributed by atoms with Gasteiger partial charge in [0.1, 0.15) is 12.3 Å². The van der Waals surface area contributed by atoms with Crippen LogP contribution in [0.15, 0.2) is 59.1 Å². The molecule has 7 nitrogen and oxygen atoms in total. The van der Waals surface area contributed by atoms with Gasteiger partial charge in [-0.2, -0.15) is 0 Å². The third-order valence-corrected chi connectivity index (χ3v) is 5.36. The molecular formula is C23H23ClN4O3. The van der Waals surface area contributed by atoms with Crippen molar-refractivity contribution < 1.29 is 13.9 Å². The smallest absolute Gasteiger partial charge is 0.249 e. The number of fused-ring (bicyclic) bond motifs is 1. The number of benzene rings is 2. The fraction of sp³-hybridized carbons (Fsp3) is 0.261. The molecule has 0 N–H and O–H groups in total. The van der Waals surface area contributed by atoms with Crippen molar-refractivity contribution in [2.24, 2.45) is 0 Å². The summed E-state index contributed by atoms with van der Waals surface area (Å²) in [7, 11) is 1.64. The summed E-state index contributed by atoms with van der Waals surface area (Å²) in [5.74, 6) is 1.48. The lowest BCUT2D eigenvalue weighted by Gasteiger charge is -2.21. The molecule has 2 aromatic carbocycles. The summed E-state index contributed by atoms with van der Waals surface area (Å²) in [4.78, 5) is 14.8. The van der Waals surface area contributed by atoms with Gasteiger partial charge in [0, 0.05) is 23.6 Å². The van der Waals surface area contributed by atoms with E-state index in [4.69, 9.17) is 20.8 Å². The molecule has 4 rings (SSSR count). The Bertz CT molecular complexity index is 1200. The number of carbonyl (C=O) groups is 1. The van der Waals surface area contributed by atoms with E-state index in [2.05, 4.69) is 10.2 Å². The molecule has 0 unspecified atom stereocenters. The summed E-state index contributed by atoms with van der Waals surface area (Å²) in [6, 6.07) is 15.1. The summed E-state index contributed by atoms with van der Waals surface area (Å²) < 4.78 is 13.0. The van der Waals surface area contributed by atoms with Crippen LogP contribution in [0, 0.1) is 0 Å². The van der Waals surface area contributed by atoms with Crippen molar-refractivity contribution in [1.82, 2.24) is 19.7 Å². The van der Waals surface area contributed by atoms with Crippen molar-refractivity contribution in [2.75, 3.05) is 13.7 Å². The summed E-state index contributed by atoms with van der Waals surface area (Å²) in [6.07, 6.45) is 2.73. The maximum absolute atomic E-state index is 13.1. The molecule has 0 radical (unpaired) electrons. The highest BCUT2D eigenvalue weighted by Gasteiger charge is 2.19. The maximum atomic E-state index is 13.1. The van der Waals surface area contributed by atoms with Crippen molar-refractivity contribution in [3.05, 3.63) is 65.6 Å². The molecule has 2 aromatic heterocycles. The molecule has 1 amide bonds. The van der Waals surface area contributed by atoms with Crippen molar-refractivity contribution >= 4 is 28.4 Å². The van der Waals surface area contributed by atoms with Gasteiger partial charge in [0.25, 0.3) is 0 Å². The minimum absolute atomic E-state index is 0.0207. The van der Waals surface area contributed by atoms with Crippen LogP contribution in [0.1, 0.15) is 19.2 Å². The molecule has 0 aliphatic heterocycles. The minimum atomic E-state index is -0.0207. The highest BCUT2D eigenvalue weighted by atomic mass is 35.5. The largest absolute Gasteiger partial charge is 0.497 e. The Morgan fingerprint density at radius 3 is 2.81 bits per heavy atom. The Labute approximate surface area is 185 Å². The molecule has 0 saturated heterocycles. The predicted molar refractivity (Wildman–Crippen MR) is 119 cm³/mol. The number of halogens is 1. The van der Waals surface area contributed by atoms with Gasteiger partial charge in [-0.25, -0.2) is 0 Å². The number of aromatic nitrogens is 3. The number of hydrogen-bond donors (Lipinski definition) is 0. The predicted octanol–water partition coefficient (Wildman–Crippen LogP) is 4.79. The van der Waals surface area contributed by atoms with E-state index in [1.165, 1.54) is 0 Å². The molecule has 8 heteroatoms. The molecule has 31 heavy (non-hydrogen) atoms. The monoisotopic (exact) mass is 438 g/mol. The Kier molecular flexibility index (Phi) is 6.23. The van der Waals surface area contributed by atoms with E-state index in [1.54, 1.807) is 18.1 Å². The first kappa shape index (κ1) is 20.9. The van der Waals surface area contributed by atoms with Crippen LogP contribution in [0.5, 0.6) is 5.75 Å². The zero-order valence-corrected chi connectivity index (χ0v) is 18.2. The highest BCUT2D eigenvalue weighted by Crippen LogP contribution is 2.26. The summed E-state index contributed by atoms with van der Waals surface area (Å²) in [5, 5.41) is 9.77. The second-order valence-electron chi connectivity index (χ2n) is 7.16. The van der Waals surface area contributed by atoms with Gasteiger partial charge in [-0.3, -0.25) is 4.79 Å². The van der Waals surface area contributed by atoms with Gasteiger partial charge in [0.15, 0.2) is 0 Å². The molecule has 0 saturated carbocycles. The zero-order chi connectivity index (χ0) is 21.8. The zero-order valence-electron chi connectivity index (χ0n) is 17.4. The Hall–Kier alpha value is -3.32. The Morgan fingerprint density at radius 2 is 2.03 bits per heavy atom. The quantitative estimate of drug-likeness (QED) is 0.395. The molecule has 4 aromatic rings. The van der Waals surface area contributed by atoms with Gasteiger partial charge >= 0.3 is 0 Å². The summed E-state index contributed by atoms with van der Waals surface area (Å²) in [6.45, 7) is 3.09. The van der Waals surface area contributed by atoms with Crippen LogP contribution in [0.3, 0.4) is 0 Å². The number of amides is 1. The van der Waals surface area contributed by atoms with Crippen LogP contribution >= 0.6 is 11.6 Å².